The molecule has 0 unspecified atom stereocenters. The van der Waals surface area contributed by atoms with Crippen molar-refractivity contribution in [3.05, 3.63) is 35.1 Å². The monoisotopic (exact) mass is 292 g/mol. The molecule has 0 radical (unpaired) electrons. The molecule has 2 rings (SSSR count). The van der Waals surface area contributed by atoms with Crippen LogP contribution in [0.1, 0.15) is 42.6 Å². The topological polar surface area (TPSA) is 32.3 Å². The molecular formula is C17H25FN2O. The lowest BCUT2D eigenvalue weighted by molar-refractivity contribution is 0.0656. The fourth-order valence-electron chi connectivity index (χ4n) is 2.85. The van der Waals surface area contributed by atoms with Gasteiger partial charge in [-0.25, -0.2) is 4.39 Å². The largest absolute Gasteiger partial charge is 0.336 e. The van der Waals surface area contributed by atoms with Gasteiger partial charge in [-0.15, -0.1) is 0 Å². The molecule has 0 atom stereocenters. The van der Waals surface area contributed by atoms with Crippen LogP contribution in [0.5, 0.6) is 0 Å². The maximum Gasteiger partial charge on any atom is 0.254 e. The van der Waals surface area contributed by atoms with E-state index in [-0.39, 0.29) is 17.8 Å². The first-order valence-electron chi connectivity index (χ1n) is 7.77. The van der Waals surface area contributed by atoms with E-state index in [2.05, 4.69) is 5.32 Å². The van der Waals surface area contributed by atoms with Crippen LogP contribution in [0.3, 0.4) is 0 Å². The van der Waals surface area contributed by atoms with Gasteiger partial charge in [-0.05, 0) is 70.3 Å². The molecule has 0 bridgehead atoms. The molecule has 1 amide bonds. The molecule has 0 aromatic heterocycles. The highest BCUT2D eigenvalue weighted by Gasteiger charge is 2.25. The number of amides is 1. The number of halogens is 1. The molecule has 4 heteroatoms. The van der Waals surface area contributed by atoms with Gasteiger partial charge in [0, 0.05) is 18.2 Å². The van der Waals surface area contributed by atoms with E-state index in [1.165, 1.54) is 12.1 Å². The number of piperidine rings is 1. The first-order chi connectivity index (χ1) is 9.99. The van der Waals surface area contributed by atoms with E-state index < -0.39 is 0 Å². The molecule has 0 spiro atoms. The Kier molecular flexibility index (Phi) is 5.34. The van der Waals surface area contributed by atoms with E-state index in [0.717, 1.165) is 38.0 Å². The standard InChI is InChI=1S/C17H25FN2O/c1-12(2)20(11-14-6-8-19-9-7-14)17(21)16-10-15(18)5-4-13(16)3/h4-5,10,12,14,19H,6-9,11H2,1-3H3. The zero-order chi connectivity index (χ0) is 15.4. The summed E-state index contributed by atoms with van der Waals surface area (Å²) in [6.45, 7) is 8.69. The molecule has 1 N–H and O–H groups in total. The first-order valence-corrected chi connectivity index (χ1v) is 7.77. The highest BCUT2D eigenvalue weighted by atomic mass is 19.1. The summed E-state index contributed by atoms with van der Waals surface area (Å²) < 4.78 is 13.5. The van der Waals surface area contributed by atoms with Crippen molar-refractivity contribution >= 4 is 5.91 Å². The molecule has 21 heavy (non-hydrogen) atoms. The predicted molar refractivity (Wildman–Crippen MR) is 82.9 cm³/mol. The van der Waals surface area contributed by atoms with Crippen molar-refractivity contribution in [3.63, 3.8) is 0 Å². The summed E-state index contributed by atoms with van der Waals surface area (Å²) in [5, 5.41) is 3.34. The van der Waals surface area contributed by atoms with Gasteiger partial charge in [0.1, 0.15) is 5.82 Å². The smallest absolute Gasteiger partial charge is 0.254 e. The van der Waals surface area contributed by atoms with E-state index >= 15 is 0 Å². The average Bonchev–Trinajstić information content (AvgIpc) is 2.47. The van der Waals surface area contributed by atoms with Gasteiger partial charge < -0.3 is 10.2 Å². The van der Waals surface area contributed by atoms with Crippen LogP contribution < -0.4 is 5.32 Å². The Morgan fingerprint density at radius 2 is 2.05 bits per heavy atom. The molecule has 1 saturated heterocycles. The van der Waals surface area contributed by atoms with Gasteiger partial charge in [0.15, 0.2) is 0 Å². The molecule has 1 aliphatic heterocycles. The Morgan fingerprint density at radius 3 is 2.67 bits per heavy atom. The van der Waals surface area contributed by atoms with Crippen molar-refractivity contribution in [1.82, 2.24) is 10.2 Å². The Morgan fingerprint density at radius 1 is 1.38 bits per heavy atom. The highest BCUT2D eigenvalue weighted by molar-refractivity contribution is 5.95. The van der Waals surface area contributed by atoms with Crippen molar-refractivity contribution in [2.75, 3.05) is 19.6 Å². The van der Waals surface area contributed by atoms with E-state index in [1.54, 1.807) is 6.07 Å². The number of hydrogen-bond acceptors (Lipinski definition) is 2. The van der Waals surface area contributed by atoms with Crippen LogP contribution >= 0.6 is 0 Å². The second kappa shape index (κ2) is 7.03. The molecule has 1 aromatic rings. The lowest BCUT2D eigenvalue weighted by Crippen LogP contribution is -2.43. The summed E-state index contributed by atoms with van der Waals surface area (Å²) in [6, 6.07) is 4.55. The molecule has 1 fully saturated rings. The average molecular weight is 292 g/mol. The SMILES string of the molecule is Cc1ccc(F)cc1C(=O)N(CC1CCNCC1)C(C)C. The van der Waals surface area contributed by atoms with E-state index in [9.17, 15) is 9.18 Å². The first kappa shape index (κ1) is 16.0. The zero-order valence-corrected chi connectivity index (χ0v) is 13.2. The lowest BCUT2D eigenvalue weighted by Gasteiger charge is -2.33. The molecule has 3 nitrogen and oxygen atoms in total. The number of benzene rings is 1. The number of hydrogen-bond donors (Lipinski definition) is 1. The molecule has 0 saturated carbocycles. The number of carbonyl (C=O) groups excluding carboxylic acids is 1. The third kappa shape index (κ3) is 4.03. The highest BCUT2D eigenvalue weighted by Crippen LogP contribution is 2.19. The maximum atomic E-state index is 13.5. The summed E-state index contributed by atoms with van der Waals surface area (Å²) in [5.41, 5.74) is 1.31. The summed E-state index contributed by atoms with van der Waals surface area (Å²) in [6.07, 6.45) is 2.19. The van der Waals surface area contributed by atoms with Crippen molar-refractivity contribution in [2.24, 2.45) is 5.92 Å². The van der Waals surface area contributed by atoms with Crippen molar-refractivity contribution in [2.45, 2.75) is 39.7 Å². The summed E-state index contributed by atoms with van der Waals surface area (Å²) in [7, 11) is 0. The number of aryl methyl sites for hydroxylation is 1. The van der Waals surface area contributed by atoms with Crippen LogP contribution in [0.25, 0.3) is 0 Å². The van der Waals surface area contributed by atoms with Gasteiger partial charge in [0.2, 0.25) is 0 Å². The normalized spacial score (nSPS) is 16.2. The third-order valence-electron chi connectivity index (χ3n) is 4.23. The van der Waals surface area contributed by atoms with E-state index in [1.807, 2.05) is 25.7 Å². The number of nitrogens with zero attached hydrogens (tertiary/aromatic N) is 1. The molecule has 1 aliphatic rings. The van der Waals surface area contributed by atoms with Crippen LogP contribution in [-0.4, -0.2) is 36.5 Å². The van der Waals surface area contributed by atoms with Crippen molar-refractivity contribution < 1.29 is 9.18 Å². The quantitative estimate of drug-likeness (QED) is 0.925. The molecule has 0 aliphatic carbocycles. The molecule has 116 valence electrons. The molecule has 1 heterocycles. The van der Waals surface area contributed by atoms with Gasteiger partial charge in [-0.1, -0.05) is 6.07 Å². The fraction of sp³-hybridized carbons (Fsp3) is 0.588. The van der Waals surface area contributed by atoms with Gasteiger partial charge >= 0.3 is 0 Å². The lowest BCUT2D eigenvalue weighted by atomic mass is 9.96. The summed E-state index contributed by atoms with van der Waals surface area (Å²) in [5.74, 6) is 0.126. The second-order valence-electron chi connectivity index (χ2n) is 6.20. The summed E-state index contributed by atoms with van der Waals surface area (Å²) >= 11 is 0. The third-order valence-corrected chi connectivity index (χ3v) is 4.23. The summed E-state index contributed by atoms with van der Waals surface area (Å²) in [4.78, 5) is 14.7. The van der Waals surface area contributed by atoms with Crippen molar-refractivity contribution in [1.29, 1.82) is 0 Å². The fourth-order valence-corrected chi connectivity index (χ4v) is 2.85. The number of carbonyl (C=O) groups is 1. The van der Waals surface area contributed by atoms with Gasteiger partial charge in [0.25, 0.3) is 5.91 Å². The van der Waals surface area contributed by atoms with Gasteiger partial charge in [0.05, 0.1) is 0 Å². The van der Waals surface area contributed by atoms with Crippen LogP contribution in [0.15, 0.2) is 18.2 Å². The molecular weight excluding hydrogens is 267 g/mol. The molecule has 1 aromatic carbocycles. The van der Waals surface area contributed by atoms with Crippen LogP contribution in [0, 0.1) is 18.7 Å². The Labute approximate surface area is 126 Å². The van der Waals surface area contributed by atoms with Gasteiger partial charge in [-0.2, -0.15) is 0 Å². The zero-order valence-electron chi connectivity index (χ0n) is 13.2. The Hall–Kier alpha value is -1.42. The minimum Gasteiger partial charge on any atom is -0.336 e. The van der Waals surface area contributed by atoms with Gasteiger partial charge in [-0.3, -0.25) is 4.79 Å². The number of nitrogens with one attached hydrogen (secondary N) is 1. The minimum absolute atomic E-state index is 0.0551. The number of rotatable bonds is 4. The van der Waals surface area contributed by atoms with E-state index in [4.69, 9.17) is 0 Å². The second-order valence-corrected chi connectivity index (χ2v) is 6.20. The Bertz CT molecular complexity index is 496. The van der Waals surface area contributed by atoms with E-state index in [0.29, 0.717) is 11.5 Å². The minimum atomic E-state index is -0.352. The Balaban J connectivity index is 2.16. The van der Waals surface area contributed by atoms with Crippen LogP contribution in [0.2, 0.25) is 0 Å². The predicted octanol–water partition coefficient (Wildman–Crippen LogP) is 2.98. The maximum absolute atomic E-state index is 13.5. The van der Waals surface area contributed by atoms with Crippen LogP contribution in [0.4, 0.5) is 4.39 Å². The van der Waals surface area contributed by atoms with Crippen LogP contribution in [-0.2, 0) is 0 Å². The van der Waals surface area contributed by atoms with Crippen molar-refractivity contribution in [3.8, 4) is 0 Å².